The van der Waals surface area contributed by atoms with Gasteiger partial charge in [0.1, 0.15) is 17.4 Å². The molecule has 0 unspecified atom stereocenters. The van der Waals surface area contributed by atoms with Gasteiger partial charge in [0.2, 0.25) is 0 Å². The summed E-state index contributed by atoms with van der Waals surface area (Å²) in [6, 6.07) is 18.5. The van der Waals surface area contributed by atoms with Gasteiger partial charge in [-0.1, -0.05) is 53.5 Å². The van der Waals surface area contributed by atoms with Crippen molar-refractivity contribution in [2.75, 3.05) is 5.32 Å². The Morgan fingerprint density at radius 3 is 2.18 bits per heavy atom. The van der Waals surface area contributed by atoms with Crippen molar-refractivity contribution in [3.8, 4) is 11.8 Å². The molecule has 8 nitrogen and oxygen atoms in total. The Labute approximate surface area is 197 Å². The maximum absolute atomic E-state index is 12.5. The summed E-state index contributed by atoms with van der Waals surface area (Å²) in [5.74, 6) is -1.05. The topological polar surface area (TPSA) is 122 Å². The second-order valence-electron chi connectivity index (χ2n) is 6.49. The molecule has 3 rings (SSSR count). The zero-order chi connectivity index (χ0) is 24.0. The van der Waals surface area contributed by atoms with E-state index in [4.69, 9.17) is 27.9 Å². The first-order valence-corrected chi connectivity index (χ1v) is 9.98. The van der Waals surface area contributed by atoms with E-state index in [0.717, 1.165) is 12.1 Å². The van der Waals surface area contributed by atoms with Crippen LogP contribution in [0.1, 0.15) is 15.9 Å². The Kier molecular flexibility index (Phi) is 7.41. The van der Waals surface area contributed by atoms with Gasteiger partial charge in [0, 0.05) is 12.1 Å². The predicted molar refractivity (Wildman–Crippen MR) is 123 cm³/mol. The van der Waals surface area contributed by atoms with Crippen LogP contribution in [0.25, 0.3) is 6.08 Å². The summed E-state index contributed by atoms with van der Waals surface area (Å²) in [4.78, 5) is 34.8. The van der Waals surface area contributed by atoms with Gasteiger partial charge in [0.25, 0.3) is 11.6 Å². The molecule has 0 aromatic heterocycles. The molecular weight excluding hydrogens is 469 g/mol. The molecule has 0 radical (unpaired) electrons. The van der Waals surface area contributed by atoms with Gasteiger partial charge < -0.3 is 10.1 Å². The highest BCUT2D eigenvalue weighted by Crippen LogP contribution is 2.35. The number of esters is 1. The van der Waals surface area contributed by atoms with E-state index in [-0.39, 0.29) is 32.7 Å². The molecule has 1 amide bonds. The molecule has 0 aliphatic carbocycles. The zero-order valence-electron chi connectivity index (χ0n) is 16.6. The van der Waals surface area contributed by atoms with Crippen LogP contribution in [-0.4, -0.2) is 16.8 Å². The lowest BCUT2D eigenvalue weighted by atomic mass is 10.1. The number of nitrogens with zero attached hydrogens (tertiary/aromatic N) is 2. The maximum atomic E-state index is 12.5. The van der Waals surface area contributed by atoms with E-state index < -0.39 is 16.8 Å². The third kappa shape index (κ3) is 5.95. The quantitative estimate of drug-likeness (QED) is 0.121. The summed E-state index contributed by atoms with van der Waals surface area (Å²) < 4.78 is 5.28. The SMILES string of the molecule is N#C/C(=C\c1ccc(OC(=O)c2ccccc2)cc1)C(=O)Nc1c(Cl)cc([N+](=O)[O-])cc1Cl. The van der Waals surface area contributed by atoms with E-state index in [9.17, 15) is 25.0 Å². The Morgan fingerprint density at radius 2 is 1.64 bits per heavy atom. The predicted octanol–water partition coefficient (Wildman–Crippen LogP) is 5.67. The fraction of sp³-hybridized carbons (Fsp3) is 0. The highest BCUT2D eigenvalue weighted by atomic mass is 35.5. The van der Waals surface area contributed by atoms with Crippen LogP contribution in [0.3, 0.4) is 0 Å². The molecule has 3 aromatic rings. The van der Waals surface area contributed by atoms with Gasteiger partial charge >= 0.3 is 5.97 Å². The van der Waals surface area contributed by atoms with Crippen LogP contribution in [0.5, 0.6) is 5.75 Å². The van der Waals surface area contributed by atoms with Crippen LogP contribution in [0.15, 0.2) is 72.3 Å². The van der Waals surface area contributed by atoms with Crippen molar-refractivity contribution in [3.05, 3.63) is 104 Å². The standard InChI is InChI=1S/C23H13Cl2N3O5/c24-19-11-17(28(31)32)12-20(25)21(19)27-22(29)16(13-26)10-14-6-8-18(9-7-14)33-23(30)15-4-2-1-3-5-15/h1-12H,(H,27,29)/b16-10+. The number of carbonyl (C=O) groups is 2. The van der Waals surface area contributed by atoms with Crippen molar-refractivity contribution in [3.63, 3.8) is 0 Å². The van der Waals surface area contributed by atoms with E-state index in [0.29, 0.717) is 11.1 Å². The minimum absolute atomic E-state index is 0.0572. The first-order valence-electron chi connectivity index (χ1n) is 9.22. The van der Waals surface area contributed by atoms with E-state index in [1.165, 1.54) is 18.2 Å². The van der Waals surface area contributed by atoms with Crippen molar-refractivity contribution in [1.82, 2.24) is 0 Å². The molecule has 10 heteroatoms. The van der Waals surface area contributed by atoms with Gasteiger partial charge in [0.05, 0.1) is 26.2 Å². The van der Waals surface area contributed by atoms with Crippen LogP contribution in [0.4, 0.5) is 11.4 Å². The molecule has 3 aromatic carbocycles. The lowest BCUT2D eigenvalue weighted by Crippen LogP contribution is -2.14. The molecular formula is C23H13Cl2N3O5. The molecule has 0 atom stereocenters. The number of rotatable bonds is 6. The number of hydrogen-bond donors (Lipinski definition) is 1. The summed E-state index contributed by atoms with van der Waals surface area (Å²) in [7, 11) is 0. The summed E-state index contributed by atoms with van der Waals surface area (Å²) in [6.07, 6.45) is 1.31. The van der Waals surface area contributed by atoms with E-state index in [1.807, 2.05) is 0 Å². The van der Waals surface area contributed by atoms with E-state index in [2.05, 4.69) is 5.32 Å². The van der Waals surface area contributed by atoms with Gasteiger partial charge in [-0.3, -0.25) is 14.9 Å². The number of halogens is 2. The van der Waals surface area contributed by atoms with Crippen LogP contribution >= 0.6 is 23.2 Å². The highest BCUT2D eigenvalue weighted by molar-refractivity contribution is 6.40. The molecule has 0 heterocycles. The second-order valence-corrected chi connectivity index (χ2v) is 7.30. The van der Waals surface area contributed by atoms with Gasteiger partial charge in [-0.05, 0) is 35.9 Å². The lowest BCUT2D eigenvalue weighted by molar-refractivity contribution is -0.384. The fourth-order valence-corrected chi connectivity index (χ4v) is 3.22. The van der Waals surface area contributed by atoms with Gasteiger partial charge in [-0.15, -0.1) is 0 Å². The summed E-state index contributed by atoms with van der Waals surface area (Å²) in [5, 5.41) is 22.3. The highest BCUT2D eigenvalue weighted by Gasteiger charge is 2.18. The monoisotopic (exact) mass is 481 g/mol. The number of anilines is 1. The molecule has 0 saturated heterocycles. The van der Waals surface area contributed by atoms with Crippen LogP contribution in [-0.2, 0) is 4.79 Å². The molecule has 1 N–H and O–H groups in total. The minimum atomic E-state index is -0.810. The Morgan fingerprint density at radius 1 is 1.03 bits per heavy atom. The average molecular weight is 482 g/mol. The molecule has 0 spiro atoms. The molecule has 0 bridgehead atoms. The normalized spacial score (nSPS) is 10.8. The number of carbonyl (C=O) groups excluding carboxylic acids is 2. The van der Waals surface area contributed by atoms with E-state index >= 15 is 0 Å². The second kappa shape index (κ2) is 10.4. The fourth-order valence-electron chi connectivity index (χ4n) is 2.65. The number of nitrogens with one attached hydrogen (secondary N) is 1. The molecule has 0 aliphatic heterocycles. The molecule has 164 valence electrons. The lowest BCUT2D eigenvalue weighted by Gasteiger charge is -2.09. The van der Waals surface area contributed by atoms with Gasteiger partial charge in [0.15, 0.2) is 0 Å². The smallest absolute Gasteiger partial charge is 0.343 e. The van der Waals surface area contributed by atoms with Crippen molar-refractivity contribution in [2.24, 2.45) is 0 Å². The van der Waals surface area contributed by atoms with Crippen molar-refractivity contribution >= 4 is 52.5 Å². The van der Waals surface area contributed by atoms with Crippen LogP contribution in [0, 0.1) is 21.4 Å². The molecule has 0 saturated carbocycles. The molecule has 33 heavy (non-hydrogen) atoms. The number of amides is 1. The van der Waals surface area contributed by atoms with Crippen LogP contribution in [0.2, 0.25) is 10.0 Å². The molecule has 0 aliphatic rings. The number of benzene rings is 3. The third-order valence-corrected chi connectivity index (χ3v) is 4.85. The summed E-state index contributed by atoms with van der Waals surface area (Å²) in [6.45, 7) is 0. The summed E-state index contributed by atoms with van der Waals surface area (Å²) in [5.41, 5.74) is 0.218. The van der Waals surface area contributed by atoms with E-state index in [1.54, 1.807) is 48.5 Å². The number of hydrogen-bond acceptors (Lipinski definition) is 6. The Balaban J connectivity index is 1.74. The van der Waals surface area contributed by atoms with Gasteiger partial charge in [-0.2, -0.15) is 5.26 Å². The van der Waals surface area contributed by atoms with Crippen molar-refractivity contribution in [2.45, 2.75) is 0 Å². The third-order valence-electron chi connectivity index (χ3n) is 4.25. The number of nitro groups is 1. The number of nitriles is 1. The van der Waals surface area contributed by atoms with Crippen molar-refractivity contribution in [1.29, 1.82) is 5.26 Å². The first kappa shape index (κ1) is 23.5. The molecule has 0 fully saturated rings. The number of ether oxygens (including phenoxy) is 1. The number of nitro benzene ring substituents is 1. The largest absolute Gasteiger partial charge is 0.423 e. The average Bonchev–Trinajstić information content (AvgIpc) is 2.81. The zero-order valence-corrected chi connectivity index (χ0v) is 18.1. The summed E-state index contributed by atoms with van der Waals surface area (Å²) >= 11 is 12.0. The van der Waals surface area contributed by atoms with Crippen molar-refractivity contribution < 1.29 is 19.2 Å². The minimum Gasteiger partial charge on any atom is -0.423 e. The Bertz CT molecular complexity index is 1280. The van der Waals surface area contributed by atoms with Gasteiger partial charge in [-0.25, -0.2) is 4.79 Å². The van der Waals surface area contributed by atoms with Crippen LogP contribution < -0.4 is 10.1 Å². The first-order chi connectivity index (χ1) is 15.8. The maximum Gasteiger partial charge on any atom is 0.343 e. The number of non-ortho nitro benzene ring substituents is 1. The Hall–Kier alpha value is -4.19.